The highest BCUT2D eigenvalue weighted by Gasteiger charge is 2.29. The van der Waals surface area contributed by atoms with E-state index in [-0.39, 0.29) is 18.8 Å². The smallest absolute Gasteiger partial charge is 0.0854 e. The van der Waals surface area contributed by atoms with Crippen LogP contribution in [0.4, 0.5) is 0 Å². The summed E-state index contributed by atoms with van der Waals surface area (Å²) in [5, 5.41) is 27.3. The molecule has 0 saturated carbocycles. The minimum Gasteiger partial charge on any atom is -0.394 e. The van der Waals surface area contributed by atoms with Gasteiger partial charge in [0, 0.05) is 24.3 Å². The van der Waals surface area contributed by atoms with Crippen molar-refractivity contribution in [3.63, 3.8) is 0 Å². The van der Waals surface area contributed by atoms with Gasteiger partial charge in [-0.15, -0.1) is 0 Å². The molecule has 4 nitrogen and oxygen atoms in total. The van der Waals surface area contributed by atoms with E-state index in [1.54, 1.807) is 0 Å². The highest BCUT2D eigenvalue weighted by Crippen LogP contribution is 2.33. The Balaban J connectivity index is 1.78. The fourth-order valence-corrected chi connectivity index (χ4v) is 3.57. The summed E-state index contributed by atoms with van der Waals surface area (Å²) in [5.41, 5.74) is 4.24. The average molecular weight is 374 g/mol. The number of hydrogen-bond donors (Lipinski definition) is 3. The zero-order chi connectivity index (χ0) is 18.5. The molecule has 1 saturated heterocycles. The van der Waals surface area contributed by atoms with Crippen molar-refractivity contribution in [3.05, 3.63) is 69.7 Å². The molecule has 0 aliphatic carbocycles. The van der Waals surface area contributed by atoms with Crippen LogP contribution < -0.4 is 0 Å². The van der Waals surface area contributed by atoms with Gasteiger partial charge in [-0.3, -0.25) is 0 Å². The van der Waals surface area contributed by atoms with Crippen molar-refractivity contribution in [2.75, 3.05) is 6.61 Å². The fourth-order valence-electron chi connectivity index (χ4n) is 3.38. The van der Waals surface area contributed by atoms with Crippen LogP contribution in [0.3, 0.4) is 0 Å². The van der Waals surface area contributed by atoms with Gasteiger partial charge in [-0.05, 0) is 41.0 Å². The molecule has 1 aliphatic heterocycles. The van der Waals surface area contributed by atoms with Crippen molar-refractivity contribution in [1.82, 2.24) is 0 Å². The summed E-state index contributed by atoms with van der Waals surface area (Å²) in [4.78, 5) is 0. The molecule has 2 aromatic rings. The quantitative estimate of drug-likeness (QED) is 0.676. The number of nitrogens with one attached hydrogen (secondary N) is 1. The molecule has 2 aromatic carbocycles. The second-order valence-electron chi connectivity index (χ2n) is 6.81. The maximum Gasteiger partial charge on any atom is 0.0854 e. The van der Waals surface area contributed by atoms with E-state index in [0.717, 1.165) is 22.3 Å². The zero-order valence-electron chi connectivity index (χ0n) is 14.6. The molecule has 3 rings (SSSR count). The van der Waals surface area contributed by atoms with Crippen LogP contribution in [0.1, 0.15) is 41.2 Å². The predicted octanol–water partition coefficient (Wildman–Crippen LogP) is 3.70. The van der Waals surface area contributed by atoms with Gasteiger partial charge in [-0.25, -0.2) is 0 Å². The highest BCUT2D eigenvalue weighted by atomic mass is 35.5. The van der Waals surface area contributed by atoms with E-state index in [4.69, 9.17) is 21.7 Å². The number of rotatable bonds is 6. The van der Waals surface area contributed by atoms with Gasteiger partial charge in [0.05, 0.1) is 24.9 Å². The molecular weight excluding hydrogens is 350 g/mol. The summed E-state index contributed by atoms with van der Waals surface area (Å²) < 4.78 is 5.91. The fraction of sp³-hybridized carbons (Fsp3) is 0.381. The summed E-state index contributed by atoms with van der Waals surface area (Å²) in [6.45, 7) is -0.0872. The maximum absolute atomic E-state index is 10.0. The first-order chi connectivity index (χ1) is 12.6. The van der Waals surface area contributed by atoms with Crippen molar-refractivity contribution < 1.29 is 14.9 Å². The lowest BCUT2D eigenvalue weighted by Crippen LogP contribution is -2.33. The Morgan fingerprint density at radius 1 is 1.12 bits per heavy atom. The summed E-state index contributed by atoms with van der Waals surface area (Å²) in [6, 6.07) is 14.0. The highest BCUT2D eigenvalue weighted by molar-refractivity contribution is 6.31. The number of benzene rings is 2. The molecule has 0 amide bonds. The van der Waals surface area contributed by atoms with E-state index in [1.807, 2.05) is 30.3 Å². The second kappa shape index (κ2) is 8.78. The molecule has 0 bridgehead atoms. The number of halogens is 1. The molecule has 1 heterocycles. The van der Waals surface area contributed by atoms with Crippen LogP contribution in [0.15, 0.2) is 42.5 Å². The molecule has 3 unspecified atom stereocenters. The van der Waals surface area contributed by atoms with Crippen LogP contribution in [0.2, 0.25) is 5.02 Å². The summed E-state index contributed by atoms with van der Waals surface area (Å²) >= 11 is 6.39. The van der Waals surface area contributed by atoms with Gasteiger partial charge < -0.3 is 20.4 Å². The molecule has 138 valence electrons. The molecule has 26 heavy (non-hydrogen) atoms. The van der Waals surface area contributed by atoms with Crippen molar-refractivity contribution in [1.29, 1.82) is 5.41 Å². The lowest BCUT2D eigenvalue weighted by Gasteiger charge is -2.32. The molecular formula is C21H24ClNO3. The lowest BCUT2D eigenvalue weighted by atomic mass is 9.94. The topological polar surface area (TPSA) is 73.5 Å². The predicted molar refractivity (Wildman–Crippen MR) is 103 cm³/mol. The normalized spacial score (nSPS) is 23.0. The van der Waals surface area contributed by atoms with E-state index in [2.05, 4.69) is 12.1 Å². The molecule has 0 spiro atoms. The van der Waals surface area contributed by atoms with Crippen molar-refractivity contribution in [3.8, 4) is 0 Å². The van der Waals surface area contributed by atoms with Crippen molar-refractivity contribution in [2.24, 2.45) is 0 Å². The Morgan fingerprint density at radius 2 is 1.85 bits per heavy atom. The van der Waals surface area contributed by atoms with Crippen LogP contribution in [-0.4, -0.2) is 35.2 Å². The number of ether oxygens (including phenoxy) is 1. The third-order valence-electron chi connectivity index (χ3n) is 4.78. The molecule has 0 radical (unpaired) electrons. The van der Waals surface area contributed by atoms with E-state index < -0.39 is 6.10 Å². The second-order valence-corrected chi connectivity index (χ2v) is 7.21. The first-order valence-electron chi connectivity index (χ1n) is 8.88. The van der Waals surface area contributed by atoms with Crippen LogP contribution in [-0.2, 0) is 17.6 Å². The van der Waals surface area contributed by atoms with E-state index in [0.29, 0.717) is 30.7 Å². The first-order valence-corrected chi connectivity index (χ1v) is 9.26. The van der Waals surface area contributed by atoms with Crippen LogP contribution >= 0.6 is 11.6 Å². The van der Waals surface area contributed by atoms with Gasteiger partial charge in [0.25, 0.3) is 0 Å². The summed E-state index contributed by atoms with van der Waals surface area (Å²) in [5.74, 6) is 0. The molecule has 3 atom stereocenters. The van der Waals surface area contributed by atoms with Gasteiger partial charge in [-0.1, -0.05) is 48.0 Å². The summed E-state index contributed by atoms with van der Waals surface area (Å²) in [6.07, 6.45) is 2.71. The monoisotopic (exact) mass is 373 g/mol. The number of aliphatic hydroxyl groups is 2. The van der Waals surface area contributed by atoms with E-state index in [9.17, 15) is 10.2 Å². The minimum atomic E-state index is -0.466. The third kappa shape index (κ3) is 4.71. The number of aliphatic hydroxyl groups excluding tert-OH is 2. The minimum absolute atomic E-state index is 0.0872. The van der Waals surface area contributed by atoms with Gasteiger partial charge in [0.15, 0.2) is 0 Å². The van der Waals surface area contributed by atoms with Crippen LogP contribution in [0.5, 0.6) is 0 Å². The maximum atomic E-state index is 10.0. The van der Waals surface area contributed by atoms with Gasteiger partial charge in [-0.2, -0.15) is 0 Å². The van der Waals surface area contributed by atoms with Crippen molar-refractivity contribution >= 4 is 17.8 Å². The molecule has 5 heteroatoms. The largest absolute Gasteiger partial charge is 0.394 e. The van der Waals surface area contributed by atoms with Crippen LogP contribution in [0, 0.1) is 5.41 Å². The lowest BCUT2D eigenvalue weighted by molar-refractivity contribution is -0.113. The summed E-state index contributed by atoms with van der Waals surface area (Å²) in [7, 11) is 0. The van der Waals surface area contributed by atoms with Gasteiger partial charge in [0.2, 0.25) is 0 Å². The average Bonchev–Trinajstić information content (AvgIpc) is 2.64. The number of hydrogen-bond acceptors (Lipinski definition) is 4. The third-order valence-corrected chi connectivity index (χ3v) is 5.15. The Bertz CT molecular complexity index is 747. The van der Waals surface area contributed by atoms with Gasteiger partial charge in [0.1, 0.15) is 0 Å². The zero-order valence-corrected chi connectivity index (χ0v) is 15.3. The van der Waals surface area contributed by atoms with E-state index >= 15 is 0 Å². The van der Waals surface area contributed by atoms with Crippen LogP contribution in [0.25, 0.3) is 0 Å². The first kappa shape index (κ1) is 19.1. The molecule has 0 aromatic heterocycles. The molecule has 1 fully saturated rings. The van der Waals surface area contributed by atoms with E-state index in [1.165, 1.54) is 6.21 Å². The van der Waals surface area contributed by atoms with Crippen molar-refractivity contribution in [2.45, 2.75) is 44.0 Å². The Morgan fingerprint density at radius 3 is 2.54 bits per heavy atom. The Labute approximate surface area is 158 Å². The SMILES string of the molecule is N=CCc1ccc(Cc2cc(C3CC(O)CC(CO)O3)ccc2Cl)cc1. The Hall–Kier alpha value is -1.72. The standard InChI is InChI=1S/C21H24ClNO3/c22-20-6-5-16(21-12-18(25)11-19(13-24)26-21)10-17(20)9-15-3-1-14(2-4-15)7-8-23/h1-6,8,10,18-19,21,23-25H,7,9,11-13H2. The Kier molecular flexibility index (Phi) is 6.43. The molecule has 3 N–H and O–H groups in total. The molecule has 1 aliphatic rings. The van der Waals surface area contributed by atoms with Gasteiger partial charge >= 0.3 is 0 Å².